The predicted molar refractivity (Wildman–Crippen MR) is 169 cm³/mol. The highest BCUT2D eigenvalue weighted by atomic mass is 31.1. The molecule has 212 valence electrons. The maximum Gasteiger partial charge on any atom is 0.410 e. The Balaban J connectivity index is 1.53. The maximum atomic E-state index is 13.9. The first-order valence-electron chi connectivity index (χ1n) is 15.7. The second kappa shape index (κ2) is 14.0. The summed E-state index contributed by atoms with van der Waals surface area (Å²) < 4.78 is 5.97. The summed E-state index contributed by atoms with van der Waals surface area (Å²) in [7, 11) is 3.12. The summed E-state index contributed by atoms with van der Waals surface area (Å²) in [6.07, 6.45) is 17.0. The molecule has 3 aliphatic rings. The molecule has 1 amide bonds. The van der Waals surface area contributed by atoms with Crippen molar-refractivity contribution in [1.29, 1.82) is 0 Å². The third-order valence-corrected chi connectivity index (χ3v) is 14.7. The van der Waals surface area contributed by atoms with Gasteiger partial charge < -0.3 is 9.64 Å². The smallest absolute Gasteiger partial charge is 0.410 e. The number of amides is 1. The molecule has 5 rings (SSSR count). The minimum atomic E-state index is -0.374. The molecule has 0 aromatic heterocycles. The molecule has 0 spiro atoms. The van der Waals surface area contributed by atoms with Crippen LogP contribution >= 0.6 is 17.2 Å². The van der Waals surface area contributed by atoms with Crippen LogP contribution < -0.4 is 0 Å². The van der Waals surface area contributed by atoms with Crippen molar-refractivity contribution in [2.24, 2.45) is 0 Å². The Kier molecular flexibility index (Phi) is 10.4. The molecule has 0 bridgehead atoms. The third kappa shape index (κ3) is 6.57. The van der Waals surface area contributed by atoms with Gasteiger partial charge in [0.15, 0.2) is 0 Å². The average molecular weight is 566 g/mol. The van der Waals surface area contributed by atoms with Crippen molar-refractivity contribution in [3.8, 4) is 0 Å². The van der Waals surface area contributed by atoms with Crippen molar-refractivity contribution in [3.63, 3.8) is 0 Å². The quantitative estimate of drug-likeness (QED) is 0.224. The lowest BCUT2D eigenvalue weighted by molar-refractivity contribution is 0.0923. The number of likely N-dealkylation sites (tertiary alicyclic amines) is 1. The van der Waals surface area contributed by atoms with E-state index in [4.69, 9.17) is 4.74 Å². The number of hydrogen-bond donors (Lipinski definition) is 0. The molecule has 1 heterocycles. The Morgan fingerprint density at radius 3 is 1.85 bits per heavy atom. The van der Waals surface area contributed by atoms with E-state index in [1.807, 2.05) is 0 Å². The fourth-order valence-electron chi connectivity index (χ4n) is 7.68. The van der Waals surface area contributed by atoms with Gasteiger partial charge in [0.25, 0.3) is 0 Å². The van der Waals surface area contributed by atoms with E-state index >= 15 is 0 Å². The van der Waals surface area contributed by atoms with E-state index in [2.05, 4.69) is 81.7 Å². The fourth-order valence-corrected chi connectivity index (χ4v) is 12.9. The van der Waals surface area contributed by atoms with Crippen LogP contribution in [0.2, 0.25) is 0 Å². The Bertz CT molecular complexity index is 963. The van der Waals surface area contributed by atoms with Crippen LogP contribution in [0.5, 0.6) is 0 Å². The molecule has 3 fully saturated rings. The van der Waals surface area contributed by atoms with Crippen LogP contribution in [0.1, 0.15) is 102 Å². The first-order valence-corrected chi connectivity index (χ1v) is 17.9. The zero-order chi connectivity index (χ0) is 27.1. The zero-order valence-electron chi connectivity index (χ0n) is 24.0. The van der Waals surface area contributed by atoms with E-state index in [0.29, 0.717) is 12.3 Å². The minimum Gasteiger partial charge on any atom is -0.449 e. The zero-order valence-corrected chi connectivity index (χ0v) is 26.0. The van der Waals surface area contributed by atoms with Gasteiger partial charge in [-0.15, -0.1) is 9.24 Å². The Hall–Kier alpha value is -1.43. The van der Waals surface area contributed by atoms with Gasteiger partial charge in [0.1, 0.15) is 0 Å². The van der Waals surface area contributed by atoms with Crippen molar-refractivity contribution in [2.75, 3.05) is 13.2 Å². The van der Waals surface area contributed by atoms with Crippen molar-refractivity contribution in [2.45, 2.75) is 119 Å². The van der Waals surface area contributed by atoms with Crippen molar-refractivity contribution >= 4 is 23.3 Å². The van der Waals surface area contributed by atoms with Crippen LogP contribution in [0.4, 0.5) is 4.79 Å². The standard InChI is InChI=1S/C34H49NO2P2/c1-2-3-24-37-33(36)35-26-31(39(29-20-12-6-13-21-29)30-22-14-7-15-23-30)25-32(35)34(38,27-16-8-4-9-17-27)28-18-10-5-11-19-28/h4-5,8-11,16-19,29-32H,2-3,6-7,12-15,20-26,38H2,1H3. The first-order chi connectivity index (χ1) is 19.1. The molecule has 0 N–H and O–H groups in total. The molecule has 1 saturated heterocycles. The van der Waals surface area contributed by atoms with Crippen molar-refractivity contribution in [3.05, 3.63) is 71.8 Å². The summed E-state index contributed by atoms with van der Waals surface area (Å²) in [6, 6.07) is 21.8. The fraction of sp³-hybridized carbons (Fsp3) is 0.618. The summed E-state index contributed by atoms with van der Waals surface area (Å²) in [4.78, 5) is 16.0. The summed E-state index contributed by atoms with van der Waals surface area (Å²) in [5.74, 6) is 0. The predicted octanol–water partition coefficient (Wildman–Crippen LogP) is 9.33. The van der Waals surface area contributed by atoms with Gasteiger partial charge in [-0.2, -0.15) is 0 Å². The molecule has 2 aromatic carbocycles. The van der Waals surface area contributed by atoms with Gasteiger partial charge in [0.2, 0.25) is 0 Å². The molecule has 1 aliphatic heterocycles. The summed E-state index contributed by atoms with van der Waals surface area (Å²) in [5.41, 5.74) is 4.88. The molecule has 2 saturated carbocycles. The van der Waals surface area contributed by atoms with Crippen LogP contribution in [0.3, 0.4) is 0 Å². The molecule has 5 heteroatoms. The average Bonchev–Trinajstić information content (AvgIpc) is 3.44. The summed E-state index contributed by atoms with van der Waals surface area (Å²) in [5, 5.41) is -0.374. The lowest BCUT2D eigenvalue weighted by Crippen LogP contribution is -2.47. The van der Waals surface area contributed by atoms with E-state index in [1.54, 1.807) is 0 Å². The highest BCUT2D eigenvalue weighted by Gasteiger charge is 2.52. The highest BCUT2D eigenvalue weighted by Crippen LogP contribution is 2.63. The van der Waals surface area contributed by atoms with E-state index in [9.17, 15) is 4.79 Å². The van der Waals surface area contributed by atoms with Crippen LogP contribution in [0, 0.1) is 0 Å². The van der Waals surface area contributed by atoms with Crippen LogP contribution in [0.15, 0.2) is 60.7 Å². The molecule has 3 unspecified atom stereocenters. The van der Waals surface area contributed by atoms with Gasteiger partial charge in [-0.05, 0) is 66.6 Å². The maximum absolute atomic E-state index is 13.9. The Labute approximate surface area is 240 Å². The second-order valence-electron chi connectivity index (χ2n) is 12.2. The number of nitrogens with zero attached hydrogens (tertiary/aromatic N) is 1. The van der Waals surface area contributed by atoms with Gasteiger partial charge in [-0.1, -0.05) is 120 Å². The Morgan fingerprint density at radius 1 is 0.846 bits per heavy atom. The summed E-state index contributed by atoms with van der Waals surface area (Å²) >= 11 is 0. The minimum absolute atomic E-state index is 0.0589. The lowest BCUT2D eigenvalue weighted by Gasteiger charge is -2.42. The number of ether oxygens (including phenoxy) is 1. The van der Waals surface area contributed by atoms with Gasteiger partial charge in [-0.3, -0.25) is 0 Å². The summed E-state index contributed by atoms with van der Waals surface area (Å²) in [6.45, 7) is 3.54. The van der Waals surface area contributed by atoms with Crippen molar-refractivity contribution < 1.29 is 9.53 Å². The Morgan fingerprint density at radius 2 is 1.36 bits per heavy atom. The van der Waals surface area contributed by atoms with E-state index < -0.39 is 0 Å². The van der Waals surface area contributed by atoms with Crippen LogP contribution in [0.25, 0.3) is 0 Å². The topological polar surface area (TPSA) is 29.5 Å². The van der Waals surface area contributed by atoms with E-state index in [1.165, 1.54) is 75.3 Å². The molecule has 2 aromatic rings. The van der Waals surface area contributed by atoms with Gasteiger partial charge in [0.05, 0.1) is 17.8 Å². The second-order valence-corrected chi connectivity index (χ2v) is 16.2. The monoisotopic (exact) mass is 565 g/mol. The number of hydrogen-bond acceptors (Lipinski definition) is 2. The van der Waals surface area contributed by atoms with Crippen LogP contribution in [-0.4, -0.2) is 47.2 Å². The molecular formula is C34H49NO2P2. The molecule has 0 radical (unpaired) electrons. The normalized spacial score (nSPS) is 23.3. The van der Waals surface area contributed by atoms with Crippen LogP contribution in [-0.2, 0) is 9.89 Å². The molecule has 39 heavy (non-hydrogen) atoms. The lowest BCUT2D eigenvalue weighted by atomic mass is 9.82. The number of carbonyl (C=O) groups excluding carboxylic acids is 1. The molecule has 2 aliphatic carbocycles. The molecule has 3 nitrogen and oxygen atoms in total. The third-order valence-electron chi connectivity index (χ3n) is 9.68. The number of carbonyl (C=O) groups is 1. The SMILES string of the molecule is CCCCOC(=O)N1CC(P(C2CCCCC2)C2CCCCC2)CC1C(P)(c1ccccc1)c1ccccc1. The highest BCUT2D eigenvalue weighted by molar-refractivity contribution is 7.60. The molecular weight excluding hydrogens is 516 g/mol. The largest absolute Gasteiger partial charge is 0.449 e. The number of unbranched alkanes of at least 4 members (excludes halogenated alkanes) is 1. The number of rotatable bonds is 9. The van der Waals surface area contributed by atoms with Gasteiger partial charge >= 0.3 is 6.09 Å². The van der Waals surface area contributed by atoms with Gasteiger partial charge in [-0.25, -0.2) is 4.79 Å². The van der Waals surface area contributed by atoms with Gasteiger partial charge in [0, 0.05) is 6.54 Å². The van der Waals surface area contributed by atoms with E-state index in [-0.39, 0.29) is 25.2 Å². The first kappa shape index (κ1) is 29.1. The van der Waals surface area contributed by atoms with E-state index in [0.717, 1.165) is 37.1 Å². The number of benzene rings is 2. The molecule has 3 atom stereocenters. The van der Waals surface area contributed by atoms with Crippen molar-refractivity contribution in [1.82, 2.24) is 4.90 Å².